The van der Waals surface area contributed by atoms with Crippen molar-refractivity contribution < 1.29 is 12.8 Å². The highest BCUT2D eigenvalue weighted by molar-refractivity contribution is 7.89. The summed E-state index contributed by atoms with van der Waals surface area (Å²) in [6.45, 7) is 0.392. The van der Waals surface area contributed by atoms with Crippen LogP contribution in [-0.2, 0) is 15.4 Å². The molecule has 1 N–H and O–H groups in total. The van der Waals surface area contributed by atoms with Gasteiger partial charge in [-0.15, -0.1) is 0 Å². The Morgan fingerprint density at radius 2 is 1.82 bits per heavy atom. The van der Waals surface area contributed by atoms with Gasteiger partial charge in [0.25, 0.3) is 0 Å². The van der Waals surface area contributed by atoms with Gasteiger partial charge in [0.1, 0.15) is 5.82 Å². The van der Waals surface area contributed by atoms with Gasteiger partial charge in [0, 0.05) is 12.0 Å². The molecule has 3 nitrogen and oxygen atoms in total. The Balaban J connectivity index is 1.79. The van der Waals surface area contributed by atoms with Gasteiger partial charge in [0.2, 0.25) is 10.0 Å². The molecule has 1 aliphatic rings. The van der Waals surface area contributed by atoms with E-state index in [0.717, 1.165) is 25.7 Å². The molecule has 0 amide bonds. The molecule has 0 unspecified atom stereocenters. The molecule has 0 atom stereocenters. The van der Waals surface area contributed by atoms with E-state index < -0.39 is 15.8 Å². The zero-order valence-electron chi connectivity index (χ0n) is 12.1. The van der Waals surface area contributed by atoms with Gasteiger partial charge in [-0.1, -0.05) is 12.8 Å². The highest BCUT2D eigenvalue weighted by Crippen LogP contribution is 2.41. The zero-order chi connectivity index (χ0) is 15.6. The standard InChI is InChI=1S/C16H18FNO2S2/c17-14-3-5-15(6-4-14)22(19,20)18-12-16(8-1-2-9-16)13-7-10-21-11-13/h3-7,10-11,18H,1-2,8-9,12H2. The second kappa shape index (κ2) is 6.10. The Kier molecular flexibility index (Phi) is 4.34. The number of hydrogen-bond donors (Lipinski definition) is 1. The summed E-state index contributed by atoms with van der Waals surface area (Å²) >= 11 is 1.64. The van der Waals surface area contributed by atoms with Crippen LogP contribution in [0.3, 0.4) is 0 Å². The van der Waals surface area contributed by atoms with Crippen molar-refractivity contribution in [2.45, 2.75) is 36.0 Å². The van der Waals surface area contributed by atoms with Gasteiger partial charge in [-0.05, 0) is 59.5 Å². The van der Waals surface area contributed by atoms with Crippen molar-refractivity contribution >= 4 is 21.4 Å². The number of halogens is 1. The summed E-state index contributed by atoms with van der Waals surface area (Å²) in [5.41, 5.74) is 1.12. The van der Waals surface area contributed by atoms with Gasteiger partial charge in [0.15, 0.2) is 0 Å². The number of thiophene rings is 1. The van der Waals surface area contributed by atoms with E-state index in [9.17, 15) is 12.8 Å². The number of sulfonamides is 1. The fourth-order valence-electron chi connectivity index (χ4n) is 3.12. The van der Waals surface area contributed by atoms with Crippen LogP contribution in [0.2, 0.25) is 0 Å². The third-order valence-electron chi connectivity index (χ3n) is 4.42. The highest BCUT2D eigenvalue weighted by atomic mass is 32.2. The van der Waals surface area contributed by atoms with Gasteiger partial charge in [0.05, 0.1) is 4.90 Å². The molecule has 22 heavy (non-hydrogen) atoms. The first-order valence-corrected chi connectivity index (χ1v) is 9.72. The maximum Gasteiger partial charge on any atom is 0.240 e. The summed E-state index contributed by atoms with van der Waals surface area (Å²) in [5, 5.41) is 4.14. The van der Waals surface area contributed by atoms with Crippen molar-refractivity contribution in [3.05, 3.63) is 52.5 Å². The second-order valence-corrected chi connectivity index (χ2v) is 8.32. The minimum Gasteiger partial charge on any atom is -0.210 e. The van der Waals surface area contributed by atoms with E-state index in [1.807, 2.05) is 5.38 Å². The van der Waals surface area contributed by atoms with E-state index in [1.54, 1.807) is 11.3 Å². The topological polar surface area (TPSA) is 46.2 Å². The summed E-state index contributed by atoms with van der Waals surface area (Å²) in [5.74, 6) is -0.440. The molecule has 2 aromatic rings. The molecular formula is C16H18FNO2S2. The monoisotopic (exact) mass is 339 g/mol. The lowest BCUT2D eigenvalue weighted by Crippen LogP contribution is -2.38. The normalized spacial score (nSPS) is 17.7. The lowest BCUT2D eigenvalue weighted by atomic mass is 9.81. The molecule has 6 heteroatoms. The lowest BCUT2D eigenvalue weighted by molar-refractivity contribution is 0.433. The molecule has 0 bridgehead atoms. The Morgan fingerprint density at radius 1 is 1.14 bits per heavy atom. The maximum absolute atomic E-state index is 12.9. The van der Waals surface area contributed by atoms with E-state index in [1.165, 1.54) is 29.8 Å². The number of benzene rings is 1. The van der Waals surface area contributed by atoms with Gasteiger partial charge in [-0.2, -0.15) is 11.3 Å². The fraction of sp³-hybridized carbons (Fsp3) is 0.375. The van der Waals surface area contributed by atoms with Crippen LogP contribution in [-0.4, -0.2) is 15.0 Å². The Bertz CT molecular complexity index is 718. The Labute approximate surface area is 134 Å². The van der Waals surface area contributed by atoms with E-state index in [-0.39, 0.29) is 10.3 Å². The first-order chi connectivity index (χ1) is 10.5. The van der Waals surface area contributed by atoms with Crippen LogP contribution in [0.4, 0.5) is 4.39 Å². The number of nitrogens with one attached hydrogen (secondary N) is 1. The fourth-order valence-corrected chi connectivity index (χ4v) is 5.02. The SMILES string of the molecule is O=S(=O)(NCC1(c2ccsc2)CCCC1)c1ccc(F)cc1. The Hall–Kier alpha value is -1.24. The van der Waals surface area contributed by atoms with Gasteiger partial charge >= 0.3 is 0 Å². The van der Waals surface area contributed by atoms with E-state index in [2.05, 4.69) is 16.2 Å². The highest BCUT2D eigenvalue weighted by Gasteiger charge is 2.37. The molecule has 3 rings (SSSR count). The minimum absolute atomic E-state index is 0.104. The molecule has 1 fully saturated rings. The summed E-state index contributed by atoms with van der Waals surface area (Å²) in [6.07, 6.45) is 4.23. The van der Waals surface area contributed by atoms with Crippen molar-refractivity contribution in [3.8, 4) is 0 Å². The minimum atomic E-state index is -3.61. The van der Waals surface area contributed by atoms with Gasteiger partial charge < -0.3 is 0 Å². The molecule has 0 saturated heterocycles. The van der Waals surface area contributed by atoms with Crippen molar-refractivity contribution in [1.29, 1.82) is 0 Å². The maximum atomic E-state index is 12.9. The third kappa shape index (κ3) is 3.09. The smallest absolute Gasteiger partial charge is 0.210 e. The summed E-state index contributed by atoms with van der Waals surface area (Å²) < 4.78 is 40.4. The molecule has 118 valence electrons. The average molecular weight is 339 g/mol. The van der Waals surface area contributed by atoms with Crippen molar-refractivity contribution in [3.63, 3.8) is 0 Å². The van der Waals surface area contributed by atoms with Crippen LogP contribution in [0.5, 0.6) is 0 Å². The largest absolute Gasteiger partial charge is 0.240 e. The number of rotatable bonds is 5. The predicted octanol–water partition coefficient (Wildman–Crippen LogP) is 3.68. The molecular weight excluding hydrogens is 321 g/mol. The molecule has 0 radical (unpaired) electrons. The average Bonchev–Trinajstić information content (AvgIpc) is 3.18. The van der Waals surface area contributed by atoms with Crippen molar-refractivity contribution in [1.82, 2.24) is 4.72 Å². The quantitative estimate of drug-likeness (QED) is 0.903. The number of hydrogen-bond acceptors (Lipinski definition) is 3. The van der Waals surface area contributed by atoms with Crippen molar-refractivity contribution in [2.24, 2.45) is 0 Å². The second-order valence-electron chi connectivity index (χ2n) is 5.78. The molecule has 1 aromatic carbocycles. The summed E-state index contributed by atoms with van der Waals surface area (Å²) in [4.78, 5) is 0.104. The van der Waals surface area contributed by atoms with Gasteiger partial charge in [-0.25, -0.2) is 17.5 Å². The van der Waals surface area contributed by atoms with Crippen LogP contribution in [0.1, 0.15) is 31.2 Å². The molecule has 1 saturated carbocycles. The van der Waals surface area contributed by atoms with Crippen LogP contribution < -0.4 is 4.72 Å². The summed E-state index contributed by atoms with van der Waals surface area (Å²) in [7, 11) is -3.61. The predicted molar refractivity (Wildman–Crippen MR) is 86.1 cm³/mol. The van der Waals surface area contributed by atoms with Crippen LogP contribution in [0, 0.1) is 5.82 Å². The first kappa shape index (κ1) is 15.6. The van der Waals surface area contributed by atoms with E-state index in [0.29, 0.717) is 6.54 Å². The zero-order valence-corrected chi connectivity index (χ0v) is 13.7. The Morgan fingerprint density at radius 3 is 2.41 bits per heavy atom. The van der Waals surface area contributed by atoms with Crippen molar-refractivity contribution in [2.75, 3.05) is 6.54 Å². The van der Waals surface area contributed by atoms with Gasteiger partial charge in [-0.3, -0.25) is 0 Å². The van der Waals surface area contributed by atoms with E-state index >= 15 is 0 Å². The van der Waals surface area contributed by atoms with E-state index in [4.69, 9.17) is 0 Å². The van der Waals surface area contributed by atoms with Crippen LogP contribution >= 0.6 is 11.3 Å². The summed E-state index contributed by atoms with van der Waals surface area (Å²) in [6, 6.07) is 7.01. The molecule has 0 aliphatic heterocycles. The molecule has 1 heterocycles. The lowest BCUT2D eigenvalue weighted by Gasteiger charge is -2.28. The van der Waals surface area contributed by atoms with Crippen LogP contribution in [0.25, 0.3) is 0 Å². The molecule has 0 spiro atoms. The van der Waals surface area contributed by atoms with Crippen LogP contribution in [0.15, 0.2) is 46.0 Å². The molecule has 1 aromatic heterocycles. The third-order valence-corrected chi connectivity index (χ3v) is 6.52. The molecule has 1 aliphatic carbocycles. The first-order valence-electron chi connectivity index (χ1n) is 7.30.